The van der Waals surface area contributed by atoms with Gasteiger partial charge in [-0.2, -0.15) is 5.10 Å². The Hall–Kier alpha value is -3.35. The molecular weight excluding hydrogens is 402 g/mol. The first-order valence-electron chi connectivity index (χ1n) is 10.8. The molecule has 0 fully saturated rings. The van der Waals surface area contributed by atoms with Gasteiger partial charge in [-0.15, -0.1) is 0 Å². The zero-order valence-electron chi connectivity index (χ0n) is 18.7. The van der Waals surface area contributed by atoms with E-state index in [1.807, 2.05) is 80.7 Å². The summed E-state index contributed by atoms with van der Waals surface area (Å²) in [7, 11) is 1.90. The molecule has 6 heteroatoms. The standard InChI is InChI=1S/C26H29N3O3/c1-19-9-7-12-22(15-19)32-26-24(25(27-28(26)3)21-10-5-4-6-11-21)18-29(16-20(2)30)17-23-13-8-14-31-23/h4-15,20,30H,16-18H2,1-3H3. The average Bonchev–Trinajstić information content (AvgIpc) is 3.37. The van der Waals surface area contributed by atoms with E-state index in [2.05, 4.69) is 4.90 Å². The summed E-state index contributed by atoms with van der Waals surface area (Å²) in [6, 6.07) is 21.9. The molecule has 32 heavy (non-hydrogen) atoms. The Morgan fingerprint density at radius 1 is 1.06 bits per heavy atom. The molecule has 0 spiro atoms. The summed E-state index contributed by atoms with van der Waals surface area (Å²) >= 11 is 0. The Morgan fingerprint density at radius 2 is 1.88 bits per heavy atom. The van der Waals surface area contributed by atoms with Crippen molar-refractivity contribution in [2.75, 3.05) is 6.54 Å². The van der Waals surface area contributed by atoms with Gasteiger partial charge in [0.25, 0.3) is 0 Å². The minimum absolute atomic E-state index is 0.483. The van der Waals surface area contributed by atoms with Crippen molar-refractivity contribution in [2.45, 2.75) is 33.0 Å². The van der Waals surface area contributed by atoms with E-state index >= 15 is 0 Å². The van der Waals surface area contributed by atoms with E-state index in [1.165, 1.54) is 0 Å². The van der Waals surface area contributed by atoms with Gasteiger partial charge in [0.05, 0.1) is 24.5 Å². The van der Waals surface area contributed by atoms with E-state index in [1.54, 1.807) is 17.9 Å². The summed E-state index contributed by atoms with van der Waals surface area (Å²) in [6.07, 6.45) is 1.18. The highest BCUT2D eigenvalue weighted by Crippen LogP contribution is 2.34. The highest BCUT2D eigenvalue weighted by Gasteiger charge is 2.23. The molecule has 4 aromatic rings. The number of ether oxygens (including phenoxy) is 1. The van der Waals surface area contributed by atoms with Gasteiger partial charge in [-0.05, 0) is 43.7 Å². The Bertz CT molecular complexity index is 1130. The number of benzene rings is 2. The fourth-order valence-electron chi connectivity index (χ4n) is 3.85. The summed E-state index contributed by atoms with van der Waals surface area (Å²) in [5.41, 5.74) is 3.98. The third-order valence-electron chi connectivity index (χ3n) is 5.20. The molecule has 0 aliphatic rings. The van der Waals surface area contributed by atoms with Crippen LogP contribution in [0.15, 0.2) is 77.4 Å². The molecule has 2 heterocycles. The molecule has 0 bridgehead atoms. The van der Waals surface area contributed by atoms with Crippen LogP contribution in [-0.2, 0) is 20.1 Å². The Kier molecular flexibility index (Phi) is 6.73. The van der Waals surface area contributed by atoms with Crippen molar-refractivity contribution in [3.05, 3.63) is 89.9 Å². The molecule has 0 saturated heterocycles. The van der Waals surface area contributed by atoms with Crippen molar-refractivity contribution < 1.29 is 14.3 Å². The molecule has 2 aromatic heterocycles. The van der Waals surface area contributed by atoms with Gasteiger partial charge in [-0.1, -0.05) is 42.5 Å². The number of nitrogens with zero attached hydrogens (tertiary/aromatic N) is 3. The zero-order chi connectivity index (χ0) is 22.5. The molecule has 6 nitrogen and oxygen atoms in total. The fraction of sp³-hybridized carbons (Fsp3) is 0.269. The molecule has 1 atom stereocenters. The molecule has 0 aliphatic carbocycles. The molecule has 0 aliphatic heterocycles. The number of aliphatic hydroxyl groups excluding tert-OH is 1. The van der Waals surface area contributed by atoms with Crippen LogP contribution in [0, 0.1) is 6.92 Å². The van der Waals surface area contributed by atoms with Gasteiger partial charge < -0.3 is 14.3 Å². The third-order valence-corrected chi connectivity index (χ3v) is 5.20. The van der Waals surface area contributed by atoms with Crippen LogP contribution in [0.3, 0.4) is 0 Å². The molecular formula is C26H29N3O3. The lowest BCUT2D eigenvalue weighted by Gasteiger charge is -2.23. The number of aromatic nitrogens is 2. The van der Waals surface area contributed by atoms with Crippen molar-refractivity contribution >= 4 is 0 Å². The van der Waals surface area contributed by atoms with Gasteiger partial charge in [0.1, 0.15) is 17.2 Å². The Labute approximate surface area is 188 Å². The quantitative estimate of drug-likeness (QED) is 0.396. The summed E-state index contributed by atoms with van der Waals surface area (Å²) in [5.74, 6) is 2.29. The third kappa shape index (κ3) is 5.28. The Balaban J connectivity index is 1.74. The Morgan fingerprint density at radius 3 is 2.56 bits per heavy atom. The predicted octanol–water partition coefficient (Wildman–Crippen LogP) is 5.16. The van der Waals surface area contributed by atoms with Crippen molar-refractivity contribution in [2.24, 2.45) is 7.05 Å². The van der Waals surface area contributed by atoms with Crippen LogP contribution < -0.4 is 4.74 Å². The van der Waals surface area contributed by atoms with Crippen LogP contribution in [0.1, 0.15) is 23.8 Å². The monoisotopic (exact) mass is 431 g/mol. The second-order valence-electron chi connectivity index (χ2n) is 8.14. The van der Waals surface area contributed by atoms with Crippen molar-refractivity contribution in [3.63, 3.8) is 0 Å². The van der Waals surface area contributed by atoms with E-state index in [-0.39, 0.29) is 0 Å². The predicted molar refractivity (Wildman–Crippen MR) is 124 cm³/mol. The second kappa shape index (κ2) is 9.85. The normalized spacial score (nSPS) is 12.3. The van der Waals surface area contributed by atoms with Crippen molar-refractivity contribution in [1.82, 2.24) is 14.7 Å². The summed E-state index contributed by atoms with van der Waals surface area (Å²) < 4.78 is 13.7. The lowest BCUT2D eigenvalue weighted by atomic mass is 10.1. The van der Waals surface area contributed by atoms with Gasteiger partial charge >= 0.3 is 0 Å². The topological polar surface area (TPSA) is 63.7 Å². The lowest BCUT2D eigenvalue weighted by molar-refractivity contribution is 0.113. The zero-order valence-corrected chi connectivity index (χ0v) is 18.7. The van der Waals surface area contributed by atoms with Gasteiger partial charge in [0.2, 0.25) is 5.88 Å². The molecule has 0 saturated carbocycles. The van der Waals surface area contributed by atoms with Gasteiger partial charge in [-0.25, -0.2) is 4.68 Å². The van der Waals surface area contributed by atoms with Crippen LogP contribution in [0.25, 0.3) is 11.3 Å². The van der Waals surface area contributed by atoms with Gasteiger partial charge in [-0.3, -0.25) is 4.90 Å². The summed E-state index contributed by atoms with van der Waals surface area (Å²) in [6.45, 7) is 5.45. The van der Waals surface area contributed by atoms with E-state index < -0.39 is 6.10 Å². The SMILES string of the molecule is Cc1cccc(Oc2c(CN(Cc3ccco3)CC(C)O)c(-c3ccccc3)nn2C)c1. The number of furan rings is 1. The van der Waals surface area contributed by atoms with Crippen molar-refractivity contribution in [3.8, 4) is 22.9 Å². The maximum atomic E-state index is 10.1. The minimum atomic E-state index is -0.483. The first-order valence-corrected chi connectivity index (χ1v) is 10.8. The van der Waals surface area contributed by atoms with Crippen LogP contribution in [-0.4, -0.2) is 32.4 Å². The molecule has 166 valence electrons. The molecule has 0 radical (unpaired) electrons. The molecule has 0 amide bonds. The van der Waals surface area contributed by atoms with Crippen LogP contribution in [0.4, 0.5) is 0 Å². The second-order valence-corrected chi connectivity index (χ2v) is 8.14. The number of hydrogen-bond acceptors (Lipinski definition) is 5. The van der Waals surface area contributed by atoms with E-state index in [0.29, 0.717) is 25.5 Å². The van der Waals surface area contributed by atoms with E-state index in [0.717, 1.165) is 33.9 Å². The minimum Gasteiger partial charge on any atom is -0.468 e. The van der Waals surface area contributed by atoms with E-state index in [4.69, 9.17) is 14.3 Å². The number of aryl methyl sites for hydroxylation is 2. The van der Waals surface area contributed by atoms with Crippen LogP contribution in [0.5, 0.6) is 11.6 Å². The fourth-order valence-corrected chi connectivity index (χ4v) is 3.85. The largest absolute Gasteiger partial charge is 0.468 e. The molecule has 1 unspecified atom stereocenters. The van der Waals surface area contributed by atoms with Gasteiger partial charge in [0.15, 0.2) is 0 Å². The maximum Gasteiger partial charge on any atom is 0.222 e. The maximum absolute atomic E-state index is 10.1. The highest BCUT2D eigenvalue weighted by molar-refractivity contribution is 5.65. The van der Waals surface area contributed by atoms with Crippen LogP contribution in [0.2, 0.25) is 0 Å². The number of aliphatic hydroxyl groups is 1. The van der Waals surface area contributed by atoms with Gasteiger partial charge in [0, 0.05) is 25.7 Å². The first-order chi connectivity index (χ1) is 15.5. The summed E-state index contributed by atoms with van der Waals surface area (Å²) in [4.78, 5) is 2.15. The van der Waals surface area contributed by atoms with Crippen LogP contribution >= 0.6 is 0 Å². The first kappa shape index (κ1) is 21.9. The summed E-state index contributed by atoms with van der Waals surface area (Å²) in [5, 5.41) is 14.9. The molecule has 2 aromatic carbocycles. The number of hydrogen-bond donors (Lipinski definition) is 1. The lowest BCUT2D eigenvalue weighted by Crippen LogP contribution is -2.30. The molecule has 1 N–H and O–H groups in total. The van der Waals surface area contributed by atoms with Crippen molar-refractivity contribution in [1.29, 1.82) is 0 Å². The number of rotatable bonds is 9. The average molecular weight is 432 g/mol. The molecule has 4 rings (SSSR count). The highest BCUT2D eigenvalue weighted by atomic mass is 16.5. The smallest absolute Gasteiger partial charge is 0.222 e. The van der Waals surface area contributed by atoms with E-state index in [9.17, 15) is 5.11 Å².